The molecule has 0 saturated carbocycles. The fraction of sp³-hybridized carbons (Fsp3) is 0.0800. The molecule has 0 saturated heterocycles. The van der Waals surface area contributed by atoms with Crippen LogP contribution in [0.3, 0.4) is 0 Å². The number of aromatic hydroxyl groups is 1. The predicted octanol–water partition coefficient (Wildman–Crippen LogP) is 3.49. The lowest BCUT2D eigenvalue weighted by atomic mass is 10.1. The van der Waals surface area contributed by atoms with Gasteiger partial charge in [0.05, 0.1) is 0 Å². The number of carboxylic acids is 1. The molecular formula is C25H19NO7. The van der Waals surface area contributed by atoms with Crippen LogP contribution in [0.1, 0.15) is 11.6 Å². The van der Waals surface area contributed by atoms with E-state index in [1.54, 1.807) is 54.6 Å². The fourth-order valence-corrected chi connectivity index (χ4v) is 3.36. The van der Waals surface area contributed by atoms with E-state index in [9.17, 15) is 24.6 Å². The smallest absolute Gasteiger partial charge is 0.330 e. The van der Waals surface area contributed by atoms with Crippen molar-refractivity contribution in [3.8, 4) is 22.8 Å². The number of rotatable bonds is 7. The first kappa shape index (κ1) is 21.6. The van der Waals surface area contributed by atoms with Gasteiger partial charge in [-0.3, -0.25) is 9.59 Å². The maximum atomic E-state index is 12.5. The van der Waals surface area contributed by atoms with Crippen LogP contribution in [-0.4, -0.2) is 28.7 Å². The van der Waals surface area contributed by atoms with Gasteiger partial charge in [-0.05, 0) is 5.56 Å². The number of aliphatic carboxylic acids is 1. The molecule has 33 heavy (non-hydrogen) atoms. The average Bonchev–Trinajstić information content (AvgIpc) is 2.81. The van der Waals surface area contributed by atoms with Gasteiger partial charge in [0, 0.05) is 23.8 Å². The summed E-state index contributed by atoms with van der Waals surface area (Å²) in [4.78, 5) is 36.4. The number of phenolic OH excluding ortho intramolecular Hbond substituents is 1. The van der Waals surface area contributed by atoms with Crippen LogP contribution in [0.2, 0.25) is 0 Å². The normalized spacial score (nSPS) is 11.6. The van der Waals surface area contributed by atoms with Gasteiger partial charge in [-0.1, -0.05) is 60.7 Å². The summed E-state index contributed by atoms with van der Waals surface area (Å²) in [6.07, 6.45) is 0. The largest absolute Gasteiger partial charge is 0.507 e. The molecule has 3 aromatic carbocycles. The molecule has 0 radical (unpaired) electrons. The molecule has 0 aliphatic rings. The van der Waals surface area contributed by atoms with E-state index in [1.807, 2.05) is 6.07 Å². The second-order valence-corrected chi connectivity index (χ2v) is 7.19. The average molecular weight is 445 g/mol. The Morgan fingerprint density at radius 3 is 2.30 bits per heavy atom. The summed E-state index contributed by atoms with van der Waals surface area (Å²) < 4.78 is 11.2. The van der Waals surface area contributed by atoms with Crippen LogP contribution in [0.25, 0.3) is 22.3 Å². The summed E-state index contributed by atoms with van der Waals surface area (Å²) in [5, 5.41) is 22.1. The number of phenols is 1. The van der Waals surface area contributed by atoms with Gasteiger partial charge in [-0.15, -0.1) is 0 Å². The van der Waals surface area contributed by atoms with Crippen LogP contribution < -0.4 is 15.5 Å². The Hall–Kier alpha value is -4.59. The number of hydrogen-bond donors (Lipinski definition) is 3. The lowest BCUT2D eigenvalue weighted by molar-refractivity contribution is -0.142. The Bertz CT molecular complexity index is 1360. The first-order chi connectivity index (χ1) is 15.9. The van der Waals surface area contributed by atoms with Gasteiger partial charge in [0.1, 0.15) is 28.2 Å². The molecule has 0 bridgehead atoms. The number of amides is 1. The van der Waals surface area contributed by atoms with Crippen LogP contribution >= 0.6 is 0 Å². The third-order valence-electron chi connectivity index (χ3n) is 4.90. The molecule has 1 atom stereocenters. The Labute approximate surface area is 187 Å². The van der Waals surface area contributed by atoms with Crippen LogP contribution in [-0.2, 0) is 9.59 Å². The molecule has 0 unspecified atom stereocenters. The number of carboxylic acid groups (broad SMARTS) is 1. The molecule has 1 amide bonds. The molecule has 0 spiro atoms. The van der Waals surface area contributed by atoms with Crippen LogP contribution in [0.15, 0.2) is 88.1 Å². The predicted molar refractivity (Wildman–Crippen MR) is 120 cm³/mol. The molecule has 0 fully saturated rings. The van der Waals surface area contributed by atoms with Crippen molar-refractivity contribution in [3.63, 3.8) is 0 Å². The molecule has 8 nitrogen and oxygen atoms in total. The second-order valence-electron chi connectivity index (χ2n) is 7.19. The highest BCUT2D eigenvalue weighted by Gasteiger charge is 2.22. The van der Waals surface area contributed by atoms with E-state index in [2.05, 4.69) is 5.32 Å². The van der Waals surface area contributed by atoms with Crippen molar-refractivity contribution >= 4 is 22.8 Å². The Balaban J connectivity index is 1.54. The first-order valence-corrected chi connectivity index (χ1v) is 9.98. The van der Waals surface area contributed by atoms with Crippen molar-refractivity contribution < 1.29 is 29.0 Å². The summed E-state index contributed by atoms with van der Waals surface area (Å²) in [7, 11) is 0. The molecular weight excluding hydrogens is 426 g/mol. The lowest BCUT2D eigenvalue weighted by Crippen LogP contribution is -2.36. The number of ether oxygens (including phenoxy) is 1. The quantitative estimate of drug-likeness (QED) is 0.397. The van der Waals surface area contributed by atoms with Gasteiger partial charge in [0.25, 0.3) is 5.91 Å². The molecule has 166 valence electrons. The standard InChI is InChI=1S/C25H19NO7/c27-18-11-17(32-14-22(29)26-24(25(30)31)16-9-5-2-6-10-16)12-21-23(18)19(28)13-20(33-21)15-7-3-1-4-8-15/h1-13,24,27H,14H2,(H,26,29)(H,30,31)/t24-/m0/s1. The zero-order valence-electron chi connectivity index (χ0n) is 17.2. The van der Waals surface area contributed by atoms with Crippen molar-refractivity contribution in [1.82, 2.24) is 5.32 Å². The van der Waals surface area contributed by atoms with E-state index in [-0.39, 0.29) is 22.5 Å². The number of nitrogens with one attached hydrogen (secondary N) is 1. The van der Waals surface area contributed by atoms with Crippen LogP contribution in [0.4, 0.5) is 0 Å². The number of hydrogen-bond acceptors (Lipinski definition) is 6. The van der Waals surface area contributed by atoms with E-state index in [1.165, 1.54) is 18.2 Å². The highest BCUT2D eigenvalue weighted by Crippen LogP contribution is 2.31. The SMILES string of the molecule is O=C(COc1cc(O)c2c(=O)cc(-c3ccccc3)oc2c1)N[C@H](C(=O)O)c1ccccc1. The minimum absolute atomic E-state index is 0.0125. The number of benzene rings is 3. The topological polar surface area (TPSA) is 126 Å². The maximum absolute atomic E-state index is 12.5. The third-order valence-corrected chi connectivity index (χ3v) is 4.90. The van der Waals surface area contributed by atoms with Gasteiger partial charge in [0.2, 0.25) is 0 Å². The van der Waals surface area contributed by atoms with E-state index in [0.29, 0.717) is 16.9 Å². The molecule has 0 aliphatic carbocycles. The summed E-state index contributed by atoms with van der Waals surface area (Å²) >= 11 is 0. The number of carbonyl (C=O) groups excluding carboxylic acids is 1. The van der Waals surface area contributed by atoms with E-state index in [0.717, 1.165) is 0 Å². The van der Waals surface area contributed by atoms with Crippen molar-refractivity contribution in [2.75, 3.05) is 6.61 Å². The zero-order chi connectivity index (χ0) is 23.4. The van der Waals surface area contributed by atoms with Crippen molar-refractivity contribution in [1.29, 1.82) is 0 Å². The second kappa shape index (κ2) is 9.27. The molecule has 8 heteroatoms. The van der Waals surface area contributed by atoms with Gasteiger partial charge < -0.3 is 24.7 Å². The summed E-state index contributed by atoms with van der Waals surface area (Å²) in [5.41, 5.74) is 0.757. The molecule has 1 heterocycles. The minimum Gasteiger partial charge on any atom is -0.507 e. The fourth-order valence-electron chi connectivity index (χ4n) is 3.36. The zero-order valence-corrected chi connectivity index (χ0v) is 17.2. The van der Waals surface area contributed by atoms with Crippen molar-refractivity contribution in [2.45, 2.75) is 6.04 Å². The highest BCUT2D eigenvalue weighted by atomic mass is 16.5. The summed E-state index contributed by atoms with van der Waals surface area (Å²) in [5.74, 6) is -1.85. The number of carbonyl (C=O) groups is 2. The lowest BCUT2D eigenvalue weighted by Gasteiger charge is -2.15. The molecule has 4 aromatic rings. The van der Waals surface area contributed by atoms with Crippen molar-refractivity contribution in [3.05, 3.63) is 94.6 Å². The van der Waals surface area contributed by atoms with Crippen LogP contribution in [0.5, 0.6) is 11.5 Å². The Kier molecular flexibility index (Phi) is 6.08. The van der Waals surface area contributed by atoms with Gasteiger partial charge in [0.15, 0.2) is 18.1 Å². The van der Waals surface area contributed by atoms with Gasteiger partial charge in [-0.25, -0.2) is 4.79 Å². The monoisotopic (exact) mass is 445 g/mol. The molecule has 4 rings (SSSR count). The van der Waals surface area contributed by atoms with E-state index >= 15 is 0 Å². The van der Waals surface area contributed by atoms with E-state index < -0.39 is 30.0 Å². The van der Waals surface area contributed by atoms with E-state index in [4.69, 9.17) is 9.15 Å². The molecule has 0 aliphatic heterocycles. The molecule has 1 aromatic heterocycles. The first-order valence-electron chi connectivity index (χ1n) is 9.98. The molecule has 3 N–H and O–H groups in total. The summed E-state index contributed by atoms with van der Waals surface area (Å²) in [6, 6.07) is 19.9. The van der Waals surface area contributed by atoms with Crippen molar-refractivity contribution in [2.24, 2.45) is 0 Å². The Morgan fingerprint density at radius 2 is 1.64 bits per heavy atom. The highest BCUT2D eigenvalue weighted by molar-refractivity contribution is 5.87. The van der Waals surface area contributed by atoms with Gasteiger partial charge >= 0.3 is 5.97 Å². The van der Waals surface area contributed by atoms with Gasteiger partial charge in [-0.2, -0.15) is 0 Å². The number of fused-ring (bicyclic) bond motifs is 1. The van der Waals surface area contributed by atoms with Crippen LogP contribution in [0, 0.1) is 0 Å². The third kappa shape index (κ3) is 4.85. The maximum Gasteiger partial charge on any atom is 0.330 e. The minimum atomic E-state index is -1.24. The Morgan fingerprint density at radius 1 is 0.970 bits per heavy atom. The summed E-state index contributed by atoms with van der Waals surface area (Å²) in [6.45, 7) is -0.510.